The maximum Gasteiger partial charge on any atom is 0.304 e. The number of fused-ring (bicyclic) bond motifs is 1. The van der Waals surface area contributed by atoms with E-state index in [1.165, 1.54) is 17.5 Å². The van der Waals surface area contributed by atoms with E-state index in [1.54, 1.807) is 0 Å². The molecule has 19 heavy (non-hydrogen) atoms. The first-order valence-corrected chi connectivity index (χ1v) is 7.58. The van der Waals surface area contributed by atoms with Gasteiger partial charge in [0.25, 0.3) is 0 Å². The molecule has 2 aliphatic rings. The number of aliphatic carboxylic acids is 1. The van der Waals surface area contributed by atoms with E-state index in [-0.39, 0.29) is 17.6 Å². The molecule has 0 radical (unpaired) electrons. The zero-order valence-corrected chi connectivity index (χ0v) is 12.3. The van der Waals surface area contributed by atoms with Gasteiger partial charge in [0, 0.05) is 11.0 Å². The molecule has 0 aromatic heterocycles. The van der Waals surface area contributed by atoms with Crippen molar-refractivity contribution >= 4 is 21.9 Å². The van der Waals surface area contributed by atoms with Crippen LogP contribution in [-0.2, 0) is 23.1 Å². The van der Waals surface area contributed by atoms with Crippen LogP contribution >= 0.6 is 15.9 Å². The van der Waals surface area contributed by atoms with Gasteiger partial charge in [0.05, 0.1) is 10.9 Å². The van der Waals surface area contributed by atoms with Crippen LogP contribution in [0.3, 0.4) is 0 Å². The molecule has 0 aliphatic heterocycles. The van der Waals surface area contributed by atoms with Gasteiger partial charge in [0.1, 0.15) is 5.75 Å². The van der Waals surface area contributed by atoms with Gasteiger partial charge in [-0.2, -0.15) is 0 Å². The summed E-state index contributed by atoms with van der Waals surface area (Å²) in [4.78, 5) is 11.0. The summed E-state index contributed by atoms with van der Waals surface area (Å²) in [7, 11) is 0. The first-order valence-electron chi connectivity index (χ1n) is 6.79. The van der Waals surface area contributed by atoms with E-state index in [4.69, 9.17) is 5.11 Å². The zero-order valence-electron chi connectivity index (χ0n) is 10.7. The lowest BCUT2D eigenvalue weighted by Crippen LogP contribution is -2.15. The number of hydrogen-bond acceptors (Lipinski definition) is 2. The number of hydrogen-bond donors (Lipinski definition) is 2. The van der Waals surface area contributed by atoms with Crippen LogP contribution in [0.4, 0.5) is 0 Å². The highest BCUT2D eigenvalue weighted by atomic mass is 79.9. The Bertz CT molecular complexity index is 547. The van der Waals surface area contributed by atoms with Crippen LogP contribution < -0.4 is 0 Å². The van der Waals surface area contributed by atoms with Crippen LogP contribution in [0.25, 0.3) is 0 Å². The number of halogens is 1. The van der Waals surface area contributed by atoms with E-state index in [1.807, 2.05) is 0 Å². The monoisotopic (exact) mass is 324 g/mol. The van der Waals surface area contributed by atoms with Gasteiger partial charge < -0.3 is 10.2 Å². The highest BCUT2D eigenvalue weighted by Crippen LogP contribution is 2.56. The van der Waals surface area contributed by atoms with Gasteiger partial charge in [-0.15, -0.1) is 0 Å². The molecular weight excluding hydrogens is 308 g/mol. The molecule has 0 bridgehead atoms. The highest BCUT2D eigenvalue weighted by Gasteiger charge is 2.48. The first-order chi connectivity index (χ1) is 9.03. The molecule has 102 valence electrons. The fraction of sp³-hybridized carbons (Fsp3) is 0.533. The minimum Gasteiger partial charge on any atom is -0.506 e. The number of rotatable bonds is 3. The van der Waals surface area contributed by atoms with Gasteiger partial charge in [0.2, 0.25) is 0 Å². The topological polar surface area (TPSA) is 57.5 Å². The fourth-order valence-corrected chi connectivity index (χ4v) is 3.89. The molecule has 0 saturated heterocycles. The average Bonchev–Trinajstić information content (AvgIpc) is 3.13. The van der Waals surface area contributed by atoms with E-state index in [0.717, 1.165) is 42.1 Å². The van der Waals surface area contributed by atoms with Crippen LogP contribution in [0.2, 0.25) is 0 Å². The number of phenolic OH excluding ortho intramolecular Hbond substituents is 1. The molecule has 4 heteroatoms. The van der Waals surface area contributed by atoms with Crippen molar-refractivity contribution in [3.63, 3.8) is 0 Å². The average molecular weight is 325 g/mol. The quantitative estimate of drug-likeness (QED) is 0.894. The molecule has 0 heterocycles. The van der Waals surface area contributed by atoms with Crippen molar-refractivity contribution in [1.29, 1.82) is 0 Å². The van der Waals surface area contributed by atoms with E-state index in [9.17, 15) is 9.90 Å². The molecule has 0 unspecified atom stereocenters. The van der Waals surface area contributed by atoms with Gasteiger partial charge >= 0.3 is 5.97 Å². The summed E-state index contributed by atoms with van der Waals surface area (Å²) in [6.07, 6.45) is 6.20. The summed E-state index contributed by atoms with van der Waals surface area (Å²) in [5.41, 5.74) is 2.99. The lowest BCUT2D eigenvalue weighted by atomic mass is 9.84. The third-order valence-electron chi connectivity index (χ3n) is 4.47. The molecule has 0 spiro atoms. The summed E-state index contributed by atoms with van der Waals surface area (Å²) in [6.45, 7) is 0. The third kappa shape index (κ3) is 2.16. The summed E-state index contributed by atoms with van der Waals surface area (Å²) < 4.78 is 0.788. The van der Waals surface area contributed by atoms with Gasteiger partial charge in [-0.05, 0) is 65.6 Å². The molecule has 1 aromatic rings. The Kier molecular flexibility index (Phi) is 3.08. The van der Waals surface area contributed by atoms with Crippen molar-refractivity contribution in [1.82, 2.24) is 0 Å². The molecule has 1 fully saturated rings. The molecule has 0 atom stereocenters. The van der Waals surface area contributed by atoms with Crippen molar-refractivity contribution in [2.45, 2.75) is 50.4 Å². The largest absolute Gasteiger partial charge is 0.506 e. The predicted octanol–water partition coefficient (Wildman–Crippen LogP) is 3.54. The van der Waals surface area contributed by atoms with Gasteiger partial charge in [-0.1, -0.05) is 6.07 Å². The Hall–Kier alpha value is -1.03. The lowest BCUT2D eigenvalue weighted by Gasteiger charge is -2.23. The number of benzene rings is 1. The molecule has 3 rings (SSSR count). The van der Waals surface area contributed by atoms with Gasteiger partial charge in [-0.25, -0.2) is 0 Å². The number of carboxylic acid groups (broad SMARTS) is 1. The van der Waals surface area contributed by atoms with E-state index in [0.29, 0.717) is 0 Å². The van der Waals surface area contributed by atoms with E-state index in [2.05, 4.69) is 22.0 Å². The standard InChI is InChI=1S/C15H17BrO3/c16-13-10-4-2-1-3-9(10)7-11(14(13)19)15(5-6-15)8-12(17)18/h7,19H,1-6,8H2,(H,17,18). The van der Waals surface area contributed by atoms with Crippen LogP contribution in [-0.4, -0.2) is 16.2 Å². The van der Waals surface area contributed by atoms with Crippen LogP contribution in [0.5, 0.6) is 5.75 Å². The first kappa shape index (κ1) is 13.0. The number of carboxylic acids is 1. The van der Waals surface area contributed by atoms with Gasteiger partial charge in [-0.3, -0.25) is 4.79 Å². The molecule has 1 aromatic carbocycles. The lowest BCUT2D eigenvalue weighted by molar-refractivity contribution is -0.137. The number of aryl methyl sites for hydroxylation is 1. The minimum atomic E-state index is -0.786. The molecule has 3 nitrogen and oxygen atoms in total. The van der Waals surface area contributed by atoms with Crippen molar-refractivity contribution in [3.8, 4) is 5.75 Å². The summed E-state index contributed by atoms with van der Waals surface area (Å²) >= 11 is 3.51. The van der Waals surface area contributed by atoms with E-state index >= 15 is 0 Å². The minimum absolute atomic E-state index is 0.117. The summed E-state index contributed by atoms with van der Waals surface area (Å²) in [6, 6.07) is 2.06. The fourth-order valence-electron chi connectivity index (χ4n) is 3.23. The van der Waals surface area contributed by atoms with Crippen LogP contribution in [0.1, 0.15) is 48.8 Å². The molecule has 0 amide bonds. The number of phenols is 1. The van der Waals surface area contributed by atoms with Crippen LogP contribution in [0, 0.1) is 0 Å². The van der Waals surface area contributed by atoms with Gasteiger partial charge in [0.15, 0.2) is 0 Å². The second-order valence-corrected chi connectivity index (χ2v) is 6.58. The Morgan fingerprint density at radius 3 is 2.63 bits per heavy atom. The van der Waals surface area contributed by atoms with Crippen molar-refractivity contribution in [2.24, 2.45) is 0 Å². The predicted molar refractivity (Wildman–Crippen MR) is 75.6 cm³/mol. The molecule has 2 aliphatic carbocycles. The Morgan fingerprint density at radius 2 is 2.00 bits per heavy atom. The normalized spacial score (nSPS) is 19.8. The van der Waals surface area contributed by atoms with Crippen molar-refractivity contribution < 1.29 is 15.0 Å². The maximum atomic E-state index is 11.0. The highest BCUT2D eigenvalue weighted by molar-refractivity contribution is 9.10. The van der Waals surface area contributed by atoms with Crippen molar-refractivity contribution in [2.75, 3.05) is 0 Å². The summed E-state index contributed by atoms with van der Waals surface area (Å²) in [5.74, 6) is -0.523. The summed E-state index contributed by atoms with van der Waals surface area (Å²) in [5, 5.41) is 19.5. The number of carbonyl (C=O) groups is 1. The second kappa shape index (κ2) is 4.51. The smallest absolute Gasteiger partial charge is 0.304 e. The van der Waals surface area contributed by atoms with E-state index < -0.39 is 5.97 Å². The number of aromatic hydroxyl groups is 1. The Balaban J connectivity index is 2.07. The third-order valence-corrected chi connectivity index (χ3v) is 5.33. The molecular formula is C15H17BrO3. The Labute approximate surface area is 120 Å². The zero-order chi connectivity index (χ0) is 13.6. The van der Waals surface area contributed by atoms with Crippen molar-refractivity contribution in [3.05, 3.63) is 27.2 Å². The molecule has 1 saturated carbocycles. The maximum absolute atomic E-state index is 11.0. The molecule has 2 N–H and O–H groups in total. The SMILES string of the molecule is O=C(O)CC1(c2cc3c(c(Br)c2O)CCCC3)CC1. The van der Waals surface area contributed by atoms with Crippen LogP contribution in [0.15, 0.2) is 10.5 Å². The Morgan fingerprint density at radius 1 is 1.32 bits per heavy atom. The second-order valence-electron chi connectivity index (χ2n) is 5.78.